The number of carboxylic acid groups (broad SMARTS) is 1. The van der Waals surface area contributed by atoms with Crippen molar-refractivity contribution in [1.82, 2.24) is 14.9 Å². The van der Waals surface area contributed by atoms with Crippen LogP contribution in [0.1, 0.15) is 102 Å². The van der Waals surface area contributed by atoms with Crippen molar-refractivity contribution in [3.8, 4) is 0 Å². The molecule has 0 aliphatic heterocycles. The van der Waals surface area contributed by atoms with Gasteiger partial charge in [0.2, 0.25) is 0 Å². The number of likely N-dealkylation sites (N-methyl/N-ethyl adjacent to an activating group) is 1. The van der Waals surface area contributed by atoms with E-state index in [4.69, 9.17) is 19.9 Å². The summed E-state index contributed by atoms with van der Waals surface area (Å²) in [5.74, 6) is -0.833. The number of benzene rings is 1. The SMILES string of the molecule is C/C=C\N(C)/C(=C/CCC)Cc1ccc(CCc2cnc3c(n2)C(C)(C)CCC3(C)C)cc1.CC(=O)O. The Balaban J connectivity index is 0.00000112. The van der Waals surface area contributed by atoms with Crippen molar-refractivity contribution in [1.29, 1.82) is 0 Å². The van der Waals surface area contributed by atoms with Crippen molar-refractivity contribution >= 4 is 5.97 Å². The van der Waals surface area contributed by atoms with Crippen LogP contribution in [0.15, 0.2) is 54.5 Å². The third kappa shape index (κ3) is 9.14. The van der Waals surface area contributed by atoms with Crippen LogP contribution in [0.3, 0.4) is 0 Å². The minimum Gasteiger partial charge on any atom is -0.481 e. The van der Waals surface area contributed by atoms with Gasteiger partial charge in [-0.3, -0.25) is 14.8 Å². The first kappa shape index (κ1) is 30.3. The molecule has 1 aliphatic rings. The number of fused-ring (bicyclic) bond motifs is 1. The molecule has 2 aromatic rings. The Kier molecular flexibility index (Phi) is 11.1. The van der Waals surface area contributed by atoms with Crippen LogP contribution in [0.25, 0.3) is 0 Å². The largest absolute Gasteiger partial charge is 0.481 e. The molecule has 0 unspecified atom stereocenters. The number of aliphatic carboxylic acids is 1. The number of aromatic nitrogens is 2. The van der Waals surface area contributed by atoms with E-state index in [-0.39, 0.29) is 10.8 Å². The Morgan fingerprint density at radius 2 is 1.59 bits per heavy atom. The van der Waals surface area contributed by atoms with Crippen molar-refractivity contribution in [3.05, 3.63) is 82.7 Å². The maximum atomic E-state index is 9.00. The van der Waals surface area contributed by atoms with Crippen molar-refractivity contribution in [2.45, 2.75) is 104 Å². The quantitative estimate of drug-likeness (QED) is 0.385. The third-order valence-corrected chi connectivity index (χ3v) is 7.05. The van der Waals surface area contributed by atoms with Gasteiger partial charge in [-0.05, 0) is 56.4 Å². The Labute approximate surface area is 224 Å². The molecule has 0 saturated heterocycles. The van der Waals surface area contributed by atoms with Gasteiger partial charge in [0.15, 0.2) is 0 Å². The fourth-order valence-electron chi connectivity index (χ4n) is 4.65. The average Bonchev–Trinajstić information content (AvgIpc) is 2.84. The minimum absolute atomic E-state index is 0.110. The topological polar surface area (TPSA) is 66.3 Å². The van der Waals surface area contributed by atoms with Crippen LogP contribution < -0.4 is 0 Å². The standard InChI is InChI=1S/C30H43N3.C2H4O2/c1-8-10-11-26(33(7)20-9-2)21-24-14-12-23(13-15-24)16-17-25-22-31-27-28(32-25)30(5,6)19-18-29(27,3)4;1-2(3)4/h9,11-15,20,22H,8,10,16-19,21H2,1-7H3;1H3,(H,3,4)/b20-9-,26-11+;. The van der Waals surface area contributed by atoms with Crippen molar-refractivity contribution in [2.75, 3.05) is 7.05 Å². The van der Waals surface area contributed by atoms with Gasteiger partial charge in [0, 0.05) is 43.1 Å². The normalized spacial score (nSPS) is 16.1. The van der Waals surface area contributed by atoms with Gasteiger partial charge >= 0.3 is 0 Å². The minimum atomic E-state index is -0.833. The lowest BCUT2D eigenvalue weighted by molar-refractivity contribution is -0.134. The van der Waals surface area contributed by atoms with Crippen LogP contribution in [-0.4, -0.2) is 33.0 Å². The van der Waals surface area contributed by atoms with E-state index in [1.54, 1.807) is 0 Å². The molecule has 37 heavy (non-hydrogen) atoms. The zero-order valence-corrected chi connectivity index (χ0v) is 24.3. The first-order valence-corrected chi connectivity index (χ1v) is 13.6. The Bertz CT molecular complexity index is 1080. The Hall–Kier alpha value is -2.95. The summed E-state index contributed by atoms with van der Waals surface area (Å²) in [6, 6.07) is 9.12. The van der Waals surface area contributed by atoms with E-state index in [2.05, 4.69) is 96.1 Å². The van der Waals surface area contributed by atoms with Gasteiger partial charge in [-0.1, -0.05) is 77.5 Å². The summed E-state index contributed by atoms with van der Waals surface area (Å²) in [6.45, 7) is 14.6. The fourth-order valence-corrected chi connectivity index (χ4v) is 4.65. The summed E-state index contributed by atoms with van der Waals surface area (Å²) in [5, 5.41) is 7.42. The molecule has 202 valence electrons. The highest BCUT2D eigenvalue weighted by molar-refractivity contribution is 5.62. The molecule has 3 rings (SSSR count). The molecule has 0 atom stereocenters. The van der Waals surface area contributed by atoms with Gasteiger partial charge in [-0.2, -0.15) is 0 Å². The van der Waals surface area contributed by atoms with E-state index in [0.29, 0.717) is 0 Å². The van der Waals surface area contributed by atoms with Crippen LogP contribution in [0, 0.1) is 0 Å². The van der Waals surface area contributed by atoms with Crippen LogP contribution in [-0.2, 0) is 34.9 Å². The number of aryl methyl sites for hydroxylation is 2. The number of carboxylic acids is 1. The fraction of sp³-hybridized carbons (Fsp3) is 0.531. The number of unbranched alkanes of at least 4 members (excludes halogenated alkanes) is 1. The summed E-state index contributed by atoms with van der Waals surface area (Å²) < 4.78 is 0. The van der Waals surface area contributed by atoms with E-state index >= 15 is 0 Å². The Morgan fingerprint density at radius 1 is 1.03 bits per heavy atom. The molecule has 5 heteroatoms. The molecule has 0 radical (unpaired) electrons. The molecular weight excluding hydrogens is 458 g/mol. The molecule has 0 spiro atoms. The monoisotopic (exact) mass is 505 g/mol. The van der Waals surface area contributed by atoms with Crippen LogP contribution in [0.5, 0.6) is 0 Å². The molecule has 5 nitrogen and oxygen atoms in total. The summed E-state index contributed by atoms with van der Waals surface area (Å²) in [6.07, 6.45) is 16.1. The van der Waals surface area contributed by atoms with Gasteiger partial charge in [-0.25, -0.2) is 0 Å². The average molecular weight is 506 g/mol. The molecular formula is C32H47N3O2. The molecule has 1 aromatic carbocycles. The molecule has 0 amide bonds. The number of hydrogen-bond acceptors (Lipinski definition) is 4. The second kappa shape index (κ2) is 13.6. The summed E-state index contributed by atoms with van der Waals surface area (Å²) >= 11 is 0. The number of hydrogen-bond donors (Lipinski definition) is 1. The predicted molar refractivity (Wildman–Crippen MR) is 154 cm³/mol. The second-order valence-electron chi connectivity index (χ2n) is 11.4. The smallest absolute Gasteiger partial charge is 0.300 e. The first-order chi connectivity index (χ1) is 17.4. The molecule has 0 fully saturated rings. The van der Waals surface area contributed by atoms with Crippen LogP contribution in [0.4, 0.5) is 0 Å². The molecule has 1 heterocycles. The molecule has 1 aromatic heterocycles. The Morgan fingerprint density at radius 3 is 2.16 bits per heavy atom. The van der Waals surface area contributed by atoms with E-state index in [1.165, 1.54) is 47.5 Å². The van der Waals surface area contributed by atoms with Crippen molar-refractivity contribution in [2.24, 2.45) is 0 Å². The molecule has 0 saturated carbocycles. The van der Waals surface area contributed by atoms with Gasteiger partial charge in [0.25, 0.3) is 5.97 Å². The third-order valence-electron chi connectivity index (χ3n) is 7.05. The van der Waals surface area contributed by atoms with E-state index in [0.717, 1.165) is 38.3 Å². The van der Waals surface area contributed by atoms with E-state index in [9.17, 15) is 0 Å². The highest BCUT2D eigenvalue weighted by Crippen LogP contribution is 2.43. The number of allylic oxidation sites excluding steroid dienone is 3. The second-order valence-corrected chi connectivity index (χ2v) is 11.4. The van der Waals surface area contributed by atoms with Crippen molar-refractivity contribution in [3.63, 3.8) is 0 Å². The lowest BCUT2D eigenvalue weighted by Gasteiger charge is -2.39. The summed E-state index contributed by atoms with van der Waals surface area (Å²) in [5.41, 5.74) is 7.83. The zero-order valence-electron chi connectivity index (χ0n) is 24.3. The van der Waals surface area contributed by atoms with Gasteiger partial charge < -0.3 is 10.0 Å². The van der Waals surface area contributed by atoms with Gasteiger partial charge in [0.1, 0.15) is 0 Å². The zero-order chi connectivity index (χ0) is 27.6. The maximum absolute atomic E-state index is 9.00. The lowest BCUT2D eigenvalue weighted by atomic mass is 9.67. The highest BCUT2D eigenvalue weighted by Gasteiger charge is 2.39. The van der Waals surface area contributed by atoms with Crippen LogP contribution in [0.2, 0.25) is 0 Å². The summed E-state index contributed by atoms with van der Waals surface area (Å²) in [7, 11) is 2.14. The van der Waals surface area contributed by atoms with E-state index in [1.807, 2.05) is 6.20 Å². The highest BCUT2D eigenvalue weighted by atomic mass is 16.4. The number of rotatable bonds is 9. The van der Waals surface area contributed by atoms with E-state index < -0.39 is 5.97 Å². The molecule has 1 aliphatic carbocycles. The number of nitrogens with zero attached hydrogens (tertiary/aromatic N) is 3. The van der Waals surface area contributed by atoms with Crippen LogP contribution >= 0.6 is 0 Å². The molecule has 0 bridgehead atoms. The predicted octanol–water partition coefficient (Wildman–Crippen LogP) is 7.39. The van der Waals surface area contributed by atoms with Gasteiger partial charge in [0.05, 0.1) is 17.1 Å². The van der Waals surface area contributed by atoms with Gasteiger partial charge in [-0.15, -0.1) is 0 Å². The maximum Gasteiger partial charge on any atom is 0.300 e. The summed E-state index contributed by atoms with van der Waals surface area (Å²) in [4.78, 5) is 21.3. The van der Waals surface area contributed by atoms with Crippen molar-refractivity contribution < 1.29 is 9.90 Å². The first-order valence-electron chi connectivity index (χ1n) is 13.6. The number of carbonyl (C=O) groups is 1. The lowest BCUT2D eigenvalue weighted by Crippen LogP contribution is -2.36. The molecule has 1 N–H and O–H groups in total.